The van der Waals surface area contributed by atoms with E-state index in [1.807, 2.05) is 0 Å². The Hall–Kier alpha value is -3.62. The van der Waals surface area contributed by atoms with Crippen LogP contribution in [0.3, 0.4) is 0 Å². The van der Waals surface area contributed by atoms with Crippen molar-refractivity contribution in [2.24, 2.45) is 0 Å². The minimum Gasteiger partial charge on any atom is -0.507 e. The molecule has 3 aromatic rings. The summed E-state index contributed by atoms with van der Waals surface area (Å²) in [6.07, 6.45) is 0. The molecule has 0 bridgehead atoms. The molecular formula is C26H19Cl2F2NO5. The lowest BCUT2D eigenvalue weighted by Crippen LogP contribution is -2.30. The summed E-state index contributed by atoms with van der Waals surface area (Å²) in [6, 6.07) is 9.25. The second-order valence-corrected chi connectivity index (χ2v) is 8.75. The number of rotatable bonds is 5. The topological polar surface area (TPSA) is 76.1 Å². The van der Waals surface area contributed by atoms with Crippen molar-refractivity contribution < 1.29 is 33.0 Å². The Morgan fingerprint density at radius 3 is 2.33 bits per heavy atom. The molecule has 4 rings (SSSR count). The molecule has 0 aliphatic carbocycles. The first-order chi connectivity index (χ1) is 17.1. The molecule has 3 aromatic carbocycles. The van der Waals surface area contributed by atoms with Gasteiger partial charge in [0, 0.05) is 6.07 Å². The Labute approximate surface area is 215 Å². The first-order valence-corrected chi connectivity index (χ1v) is 11.3. The third-order valence-corrected chi connectivity index (χ3v) is 6.39. The monoisotopic (exact) mass is 533 g/mol. The molecule has 1 saturated heterocycles. The zero-order valence-electron chi connectivity index (χ0n) is 19.2. The number of amides is 1. The fourth-order valence-corrected chi connectivity index (χ4v) is 4.89. The van der Waals surface area contributed by atoms with Crippen molar-refractivity contribution in [3.05, 3.63) is 92.5 Å². The third kappa shape index (κ3) is 4.16. The highest BCUT2D eigenvalue weighted by Crippen LogP contribution is 2.48. The van der Waals surface area contributed by atoms with Crippen molar-refractivity contribution in [3.63, 3.8) is 0 Å². The molecule has 1 atom stereocenters. The van der Waals surface area contributed by atoms with Crippen LogP contribution in [0, 0.1) is 18.6 Å². The Morgan fingerprint density at radius 2 is 1.69 bits per heavy atom. The molecule has 36 heavy (non-hydrogen) atoms. The fraction of sp³-hybridized carbons (Fsp3) is 0.154. The van der Waals surface area contributed by atoms with Gasteiger partial charge in [0.1, 0.15) is 22.4 Å². The van der Waals surface area contributed by atoms with Gasteiger partial charge in [-0.05, 0) is 30.7 Å². The van der Waals surface area contributed by atoms with Gasteiger partial charge >= 0.3 is 0 Å². The summed E-state index contributed by atoms with van der Waals surface area (Å²) >= 11 is 12.6. The maximum atomic E-state index is 14.8. The molecule has 1 heterocycles. The van der Waals surface area contributed by atoms with E-state index in [0.29, 0.717) is 5.56 Å². The number of nitrogens with zero attached hydrogens (tertiary/aromatic N) is 1. The average molecular weight is 534 g/mol. The predicted octanol–water partition coefficient (Wildman–Crippen LogP) is 6.22. The highest BCUT2D eigenvalue weighted by molar-refractivity contribution is 6.52. The lowest BCUT2D eigenvalue weighted by Gasteiger charge is -2.26. The average Bonchev–Trinajstić information content (AvgIpc) is 3.10. The molecule has 1 fully saturated rings. The molecule has 1 aliphatic heterocycles. The van der Waals surface area contributed by atoms with Crippen molar-refractivity contribution in [1.82, 2.24) is 0 Å². The maximum absolute atomic E-state index is 14.8. The van der Waals surface area contributed by atoms with Crippen LogP contribution in [0.15, 0.2) is 54.1 Å². The summed E-state index contributed by atoms with van der Waals surface area (Å²) in [4.78, 5) is 27.3. The number of carbonyl (C=O) groups excluding carboxylic acids is 2. The number of Topliss-reactive ketones (excluding diaryl/α,β-unsaturated/α-hetero) is 1. The molecule has 1 N–H and O–H groups in total. The Bertz CT molecular complexity index is 1440. The second-order valence-electron chi connectivity index (χ2n) is 7.97. The number of halogens is 4. The lowest BCUT2D eigenvalue weighted by atomic mass is 9.94. The van der Waals surface area contributed by atoms with Crippen LogP contribution in [0.5, 0.6) is 11.5 Å². The van der Waals surface area contributed by atoms with Crippen LogP contribution in [0.2, 0.25) is 10.0 Å². The Kier molecular flexibility index (Phi) is 6.93. The number of carbonyl (C=O) groups is 2. The van der Waals surface area contributed by atoms with Crippen LogP contribution in [0.4, 0.5) is 14.5 Å². The van der Waals surface area contributed by atoms with Gasteiger partial charge in [0.05, 0.1) is 42.1 Å². The van der Waals surface area contributed by atoms with E-state index in [0.717, 1.165) is 28.7 Å². The molecule has 1 unspecified atom stereocenters. The van der Waals surface area contributed by atoms with Crippen molar-refractivity contribution in [2.45, 2.75) is 13.0 Å². The van der Waals surface area contributed by atoms with Crippen molar-refractivity contribution in [2.75, 3.05) is 19.1 Å². The van der Waals surface area contributed by atoms with Crippen LogP contribution >= 0.6 is 23.2 Å². The van der Waals surface area contributed by atoms with Gasteiger partial charge in [-0.3, -0.25) is 14.5 Å². The van der Waals surface area contributed by atoms with Crippen LogP contribution in [0.25, 0.3) is 5.76 Å². The van der Waals surface area contributed by atoms with E-state index in [1.54, 1.807) is 31.2 Å². The largest absolute Gasteiger partial charge is 0.507 e. The summed E-state index contributed by atoms with van der Waals surface area (Å²) in [5, 5.41) is 11.3. The Morgan fingerprint density at radius 1 is 1.00 bits per heavy atom. The van der Waals surface area contributed by atoms with E-state index in [9.17, 15) is 23.5 Å². The number of aliphatic hydroxyl groups is 1. The SMILES string of the molecule is COc1c(Cl)cc(/C(O)=C2\C(=O)C(=O)N(c3cc(F)ccc3F)C2c2cccc(C)c2)c(OC)c1Cl. The molecule has 0 saturated carbocycles. The van der Waals surface area contributed by atoms with Crippen LogP contribution in [0.1, 0.15) is 22.7 Å². The van der Waals surface area contributed by atoms with Crippen LogP contribution in [-0.2, 0) is 9.59 Å². The fourth-order valence-electron chi connectivity index (χ4n) is 4.20. The minimum atomic E-state index is -1.30. The first-order valence-electron chi connectivity index (χ1n) is 10.5. The van der Waals surface area contributed by atoms with Crippen LogP contribution in [-0.4, -0.2) is 31.0 Å². The molecule has 1 aliphatic rings. The number of benzene rings is 3. The summed E-state index contributed by atoms with van der Waals surface area (Å²) in [5.74, 6) is -4.67. The predicted molar refractivity (Wildman–Crippen MR) is 132 cm³/mol. The van der Waals surface area contributed by atoms with Gasteiger partial charge in [-0.15, -0.1) is 0 Å². The van der Waals surface area contributed by atoms with Crippen molar-refractivity contribution in [1.29, 1.82) is 0 Å². The molecule has 0 aromatic heterocycles. The van der Waals surface area contributed by atoms with Gasteiger partial charge in [-0.25, -0.2) is 8.78 Å². The highest BCUT2D eigenvalue weighted by atomic mass is 35.5. The third-order valence-electron chi connectivity index (χ3n) is 5.76. The molecule has 186 valence electrons. The maximum Gasteiger partial charge on any atom is 0.300 e. The molecular weight excluding hydrogens is 515 g/mol. The van der Waals surface area contributed by atoms with Gasteiger partial charge in [-0.2, -0.15) is 0 Å². The molecule has 0 radical (unpaired) electrons. The number of aryl methyl sites for hydroxylation is 1. The van der Waals surface area contributed by atoms with Gasteiger partial charge in [0.25, 0.3) is 11.7 Å². The standard InChI is InChI=1S/C26H19Cl2F2NO5/c1-12-5-4-6-13(9-12)21-19(22(32)15-11-16(27)25(36-3)20(28)24(15)35-2)23(33)26(34)31(21)18-10-14(29)7-8-17(18)30/h4-11,21,32H,1-3H3/b22-19+. The number of ketones is 1. The minimum absolute atomic E-state index is 0.00218. The first kappa shape index (κ1) is 25.5. The molecule has 1 amide bonds. The summed E-state index contributed by atoms with van der Waals surface area (Å²) in [5.41, 5.74) is 0.212. The van der Waals surface area contributed by atoms with Gasteiger partial charge in [0.15, 0.2) is 11.5 Å². The van der Waals surface area contributed by atoms with Gasteiger partial charge < -0.3 is 14.6 Å². The number of hydrogen-bond acceptors (Lipinski definition) is 5. The highest BCUT2D eigenvalue weighted by Gasteiger charge is 2.48. The number of aliphatic hydroxyl groups excluding tert-OH is 1. The quantitative estimate of drug-likeness (QED) is 0.239. The number of anilines is 1. The summed E-state index contributed by atoms with van der Waals surface area (Å²) in [6.45, 7) is 1.78. The molecule has 10 heteroatoms. The van der Waals surface area contributed by atoms with Gasteiger partial charge in [-0.1, -0.05) is 53.0 Å². The van der Waals surface area contributed by atoms with E-state index in [4.69, 9.17) is 32.7 Å². The van der Waals surface area contributed by atoms with Gasteiger partial charge in [0.2, 0.25) is 0 Å². The van der Waals surface area contributed by atoms with Crippen molar-refractivity contribution >= 4 is 46.3 Å². The summed E-state index contributed by atoms with van der Waals surface area (Å²) in [7, 11) is 2.62. The van der Waals surface area contributed by atoms with E-state index in [2.05, 4.69) is 0 Å². The van der Waals surface area contributed by atoms with E-state index in [1.165, 1.54) is 20.3 Å². The second kappa shape index (κ2) is 9.79. The molecule has 6 nitrogen and oxygen atoms in total. The number of methoxy groups -OCH3 is 2. The van der Waals surface area contributed by atoms with Crippen LogP contribution < -0.4 is 14.4 Å². The van der Waals surface area contributed by atoms with E-state index < -0.39 is 40.8 Å². The normalized spacial score (nSPS) is 17.0. The molecule has 0 spiro atoms. The Balaban J connectivity index is 2.06. The lowest BCUT2D eigenvalue weighted by molar-refractivity contribution is -0.132. The summed E-state index contributed by atoms with van der Waals surface area (Å²) < 4.78 is 39.4. The zero-order valence-corrected chi connectivity index (χ0v) is 20.7. The zero-order chi connectivity index (χ0) is 26.3. The number of ether oxygens (including phenoxy) is 2. The number of hydrogen-bond donors (Lipinski definition) is 1. The van der Waals surface area contributed by atoms with E-state index >= 15 is 0 Å². The van der Waals surface area contributed by atoms with E-state index in [-0.39, 0.29) is 32.7 Å². The van der Waals surface area contributed by atoms with Crippen molar-refractivity contribution in [3.8, 4) is 11.5 Å². The smallest absolute Gasteiger partial charge is 0.300 e.